The van der Waals surface area contributed by atoms with E-state index >= 15 is 0 Å². The van der Waals surface area contributed by atoms with Gasteiger partial charge in [0, 0.05) is 25.7 Å². The van der Waals surface area contributed by atoms with E-state index < -0.39 is 6.04 Å². The molecule has 2 atom stereocenters. The summed E-state index contributed by atoms with van der Waals surface area (Å²) in [6.07, 6.45) is 3.80. The summed E-state index contributed by atoms with van der Waals surface area (Å²) in [6, 6.07) is 9.69. The number of nitrogens with zero attached hydrogens (tertiary/aromatic N) is 2. The smallest absolute Gasteiger partial charge is 0.244 e. The van der Waals surface area contributed by atoms with Crippen LogP contribution < -0.4 is 5.73 Å². The van der Waals surface area contributed by atoms with Crippen LogP contribution in [0.4, 0.5) is 0 Å². The van der Waals surface area contributed by atoms with Gasteiger partial charge in [-0.3, -0.25) is 9.69 Å². The van der Waals surface area contributed by atoms with Gasteiger partial charge in [0.1, 0.15) is 6.04 Å². The van der Waals surface area contributed by atoms with Gasteiger partial charge in [-0.2, -0.15) is 0 Å². The Kier molecular flexibility index (Phi) is 4.03. The lowest BCUT2D eigenvalue weighted by molar-refractivity contribution is -0.136. The highest BCUT2D eigenvalue weighted by Crippen LogP contribution is 2.23. The molecule has 0 aromatic heterocycles. The average Bonchev–Trinajstić information content (AvgIpc) is 2.54. The average molecular weight is 273 g/mol. The Morgan fingerprint density at radius 2 is 1.95 bits per heavy atom. The molecule has 0 spiro atoms. The van der Waals surface area contributed by atoms with E-state index in [1.165, 1.54) is 25.8 Å². The van der Waals surface area contributed by atoms with Crippen LogP contribution in [0.3, 0.4) is 0 Å². The fourth-order valence-corrected chi connectivity index (χ4v) is 3.36. The Labute approximate surface area is 120 Å². The lowest BCUT2D eigenvalue weighted by atomic mass is 9.98. The summed E-state index contributed by atoms with van der Waals surface area (Å²) in [5.74, 6) is 0.0708. The molecular weight excluding hydrogens is 250 g/mol. The van der Waals surface area contributed by atoms with Crippen LogP contribution in [0.15, 0.2) is 30.3 Å². The zero-order valence-electron chi connectivity index (χ0n) is 11.9. The minimum Gasteiger partial charge on any atom is -0.338 e. The fraction of sp³-hybridized carbons (Fsp3) is 0.562. The number of nitrogens with two attached hydrogens (primary N) is 1. The monoisotopic (exact) mass is 273 g/mol. The number of hydrogen-bond donors (Lipinski definition) is 1. The second-order valence-electron chi connectivity index (χ2n) is 5.86. The van der Waals surface area contributed by atoms with Crippen molar-refractivity contribution in [2.24, 2.45) is 5.73 Å². The van der Waals surface area contributed by atoms with Gasteiger partial charge in [0.2, 0.25) is 5.91 Å². The highest BCUT2D eigenvalue weighted by atomic mass is 16.2. The molecule has 2 aliphatic heterocycles. The number of hydrogen-bond acceptors (Lipinski definition) is 3. The van der Waals surface area contributed by atoms with Crippen LogP contribution in [0.5, 0.6) is 0 Å². The molecule has 0 saturated carbocycles. The minimum absolute atomic E-state index is 0.0708. The molecule has 2 aliphatic rings. The second kappa shape index (κ2) is 5.94. The molecule has 0 radical (unpaired) electrons. The van der Waals surface area contributed by atoms with Gasteiger partial charge in [-0.15, -0.1) is 0 Å². The van der Waals surface area contributed by atoms with Gasteiger partial charge in [0.15, 0.2) is 0 Å². The van der Waals surface area contributed by atoms with Crippen LogP contribution in [-0.4, -0.2) is 47.9 Å². The first-order valence-corrected chi connectivity index (χ1v) is 7.59. The van der Waals surface area contributed by atoms with E-state index in [2.05, 4.69) is 4.90 Å². The molecule has 2 N–H and O–H groups in total. The lowest BCUT2D eigenvalue weighted by Crippen LogP contribution is -2.57. The maximum atomic E-state index is 12.6. The van der Waals surface area contributed by atoms with Crippen LogP contribution in [0.2, 0.25) is 0 Å². The summed E-state index contributed by atoms with van der Waals surface area (Å²) in [6.45, 7) is 3.85. The zero-order valence-corrected chi connectivity index (χ0v) is 11.9. The molecule has 4 nitrogen and oxygen atoms in total. The largest absolute Gasteiger partial charge is 0.338 e. The summed E-state index contributed by atoms with van der Waals surface area (Å²) >= 11 is 0. The Balaban J connectivity index is 1.65. The summed E-state index contributed by atoms with van der Waals surface area (Å²) in [4.78, 5) is 17.0. The van der Waals surface area contributed by atoms with Crippen LogP contribution in [0.25, 0.3) is 0 Å². The number of carbonyl (C=O) groups is 1. The number of carbonyl (C=O) groups excluding carboxylic acids is 1. The van der Waals surface area contributed by atoms with E-state index in [-0.39, 0.29) is 5.91 Å². The summed E-state index contributed by atoms with van der Waals surface area (Å²) < 4.78 is 0. The number of piperidine rings is 1. The first-order valence-electron chi connectivity index (χ1n) is 7.59. The summed E-state index contributed by atoms with van der Waals surface area (Å²) in [7, 11) is 0. The number of benzene rings is 1. The molecule has 108 valence electrons. The molecule has 1 amide bonds. The molecule has 3 rings (SSSR count). The maximum absolute atomic E-state index is 12.6. The van der Waals surface area contributed by atoms with Crippen LogP contribution in [0.1, 0.15) is 30.9 Å². The zero-order chi connectivity index (χ0) is 13.9. The topological polar surface area (TPSA) is 49.6 Å². The molecule has 1 aromatic rings. The third-order valence-corrected chi connectivity index (χ3v) is 4.57. The Morgan fingerprint density at radius 1 is 1.15 bits per heavy atom. The summed E-state index contributed by atoms with van der Waals surface area (Å²) in [5.41, 5.74) is 7.04. The van der Waals surface area contributed by atoms with Gasteiger partial charge >= 0.3 is 0 Å². The first-order chi connectivity index (χ1) is 9.75. The molecule has 0 bridgehead atoms. The second-order valence-corrected chi connectivity index (χ2v) is 5.86. The molecule has 0 aliphatic carbocycles. The third-order valence-electron chi connectivity index (χ3n) is 4.57. The van der Waals surface area contributed by atoms with E-state index in [1.807, 2.05) is 35.2 Å². The van der Waals surface area contributed by atoms with Crippen molar-refractivity contribution in [3.05, 3.63) is 35.9 Å². The van der Waals surface area contributed by atoms with E-state index in [1.54, 1.807) is 0 Å². The van der Waals surface area contributed by atoms with Gasteiger partial charge in [-0.05, 0) is 24.9 Å². The van der Waals surface area contributed by atoms with E-state index in [0.29, 0.717) is 6.04 Å². The molecule has 1 aromatic carbocycles. The van der Waals surface area contributed by atoms with E-state index in [0.717, 1.165) is 25.2 Å². The van der Waals surface area contributed by atoms with Crippen molar-refractivity contribution in [2.45, 2.75) is 31.3 Å². The molecule has 2 fully saturated rings. The Morgan fingerprint density at radius 3 is 2.75 bits per heavy atom. The predicted octanol–water partition coefficient (Wildman–Crippen LogP) is 1.38. The third kappa shape index (κ3) is 2.72. The van der Waals surface area contributed by atoms with Crippen LogP contribution in [0, 0.1) is 0 Å². The van der Waals surface area contributed by atoms with Crippen molar-refractivity contribution in [1.29, 1.82) is 0 Å². The first kappa shape index (κ1) is 13.6. The number of fused-ring (bicyclic) bond motifs is 1. The van der Waals surface area contributed by atoms with Gasteiger partial charge < -0.3 is 10.6 Å². The fourth-order valence-electron chi connectivity index (χ4n) is 3.36. The van der Waals surface area contributed by atoms with Crippen molar-refractivity contribution >= 4 is 5.91 Å². The van der Waals surface area contributed by atoms with Crippen molar-refractivity contribution in [2.75, 3.05) is 26.2 Å². The van der Waals surface area contributed by atoms with Crippen molar-refractivity contribution < 1.29 is 4.79 Å². The summed E-state index contributed by atoms with van der Waals surface area (Å²) in [5, 5.41) is 0. The molecular formula is C16H23N3O. The van der Waals surface area contributed by atoms with Crippen molar-refractivity contribution in [3.8, 4) is 0 Å². The molecule has 2 heterocycles. The molecule has 2 unspecified atom stereocenters. The SMILES string of the molecule is NC(C(=O)N1CCN2CCCCC2C1)c1ccccc1. The minimum atomic E-state index is -0.522. The van der Waals surface area contributed by atoms with Crippen LogP contribution >= 0.6 is 0 Å². The molecule has 20 heavy (non-hydrogen) atoms. The normalized spacial score (nSPS) is 25.1. The lowest BCUT2D eigenvalue weighted by Gasteiger charge is -2.44. The Hall–Kier alpha value is -1.39. The van der Waals surface area contributed by atoms with Crippen molar-refractivity contribution in [1.82, 2.24) is 9.80 Å². The van der Waals surface area contributed by atoms with Gasteiger partial charge in [0.25, 0.3) is 0 Å². The quantitative estimate of drug-likeness (QED) is 0.885. The van der Waals surface area contributed by atoms with Crippen molar-refractivity contribution in [3.63, 3.8) is 0 Å². The Bertz CT molecular complexity index is 462. The van der Waals surface area contributed by atoms with Gasteiger partial charge in [-0.1, -0.05) is 36.8 Å². The van der Waals surface area contributed by atoms with Crippen LogP contribution in [-0.2, 0) is 4.79 Å². The number of rotatable bonds is 2. The standard InChI is InChI=1S/C16H23N3O/c17-15(13-6-2-1-3-7-13)16(20)19-11-10-18-9-5-4-8-14(18)12-19/h1-3,6-7,14-15H,4-5,8-12,17H2. The number of piperazine rings is 1. The highest BCUT2D eigenvalue weighted by molar-refractivity contribution is 5.83. The van der Waals surface area contributed by atoms with E-state index in [4.69, 9.17) is 5.73 Å². The maximum Gasteiger partial charge on any atom is 0.244 e. The molecule has 4 heteroatoms. The number of amides is 1. The van der Waals surface area contributed by atoms with E-state index in [9.17, 15) is 4.79 Å². The molecule has 2 saturated heterocycles. The highest BCUT2D eigenvalue weighted by Gasteiger charge is 2.32. The van der Waals surface area contributed by atoms with Gasteiger partial charge in [-0.25, -0.2) is 0 Å². The predicted molar refractivity (Wildman–Crippen MR) is 79.2 cm³/mol. The van der Waals surface area contributed by atoms with Gasteiger partial charge in [0.05, 0.1) is 0 Å².